The molecule has 0 amide bonds. The number of hydrogen-bond acceptors (Lipinski definition) is 4. The molecule has 1 aliphatic rings. The van der Waals surface area contributed by atoms with E-state index in [1.807, 2.05) is 36.4 Å². The van der Waals surface area contributed by atoms with Gasteiger partial charge in [0.05, 0.1) is 0 Å². The van der Waals surface area contributed by atoms with E-state index in [-0.39, 0.29) is 5.78 Å². The molecule has 0 unspecified atom stereocenters. The predicted molar refractivity (Wildman–Crippen MR) is 77.4 cm³/mol. The second kappa shape index (κ2) is 6.54. The van der Waals surface area contributed by atoms with E-state index in [1.165, 1.54) is 0 Å². The van der Waals surface area contributed by atoms with Gasteiger partial charge in [-0.25, -0.2) is 0 Å². The molecular formula is C15H17N3O. The lowest BCUT2D eigenvalue weighted by Crippen LogP contribution is -2.33. The quantitative estimate of drug-likeness (QED) is 0.639. The Bertz CT molecular complexity index is 530. The van der Waals surface area contributed by atoms with Crippen LogP contribution in [-0.2, 0) is 4.79 Å². The van der Waals surface area contributed by atoms with Crippen molar-refractivity contribution in [3.05, 3.63) is 54.2 Å². The van der Waals surface area contributed by atoms with Gasteiger partial charge in [0, 0.05) is 18.3 Å². The van der Waals surface area contributed by atoms with Crippen molar-refractivity contribution in [2.24, 2.45) is 4.99 Å². The number of nitrogens with zero attached hydrogens (tertiary/aromatic N) is 1. The van der Waals surface area contributed by atoms with Crippen LogP contribution in [0.2, 0.25) is 0 Å². The number of carbonyl (C=O) groups excluding carboxylic acids is 1. The van der Waals surface area contributed by atoms with Crippen molar-refractivity contribution in [1.29, 1.82) is 0 Å². The average molecular weight is 255 g/mol. The highest BCUT2D eigenvalue weighted by atomic mass is 16.1. The number of hydrazine groups is 1. The van der Waals surface area contributed by atoms with E-state index in [9.17, 15) is 4.79 Å². The SMILES string of the molecule is CC(=O)/C(=C\NNC1=NCCC=C1)c1ccccc1. The van der Waals surface area contributed by atoms with Crippen LogP contribution < -0.4 is 10.9 Å². The van der Waals surface area contributed by atoms with Gasteiger partial charge < -0.3 is 5.43 Å². The normalized spacial score (nSPS) is 14.8. The van der Waals surface area contributed by atoms with Crippen LogP contribution in [0.15, 0.2) is 53.7 Å². The van der Waals surface area contributed by atoms with Crippen molar-refractivity contribution >= 4 is 17.2 Å². The first kappa shape index (κ1) is 13.1. The molecular weight excluding hydrogens is 238 g/mol. The zero-order valence-electron chi connectivity index (χ0n) is 10.9. The molecule has 1 aliphatic heterocycles. The standard InChI is InChI=1S/C15H17N3O/c1-12(19)14(13-7-3-2-4-8-13)11-17-18-15-9-5-6-10-16-15/h2-5,7-9,11,17H,6,10H2,1H3,(H,16,18)/b14-11+. The lowest BCUT2D eigenvalue weighted by molar-refractivity contribution is -0.111. The Balaban J connectivity index is 2.04. The van der Waals surface area contributed by atoms with Crippen molar-refractivity contribution < 1.29 is 4.79 Å². The maximum absolute atomic E-state index is 11.6. The van der Waals surface area contributed by atoms with E-state index < -0.39 is 0 Å². The highest BCUT2D eigenvalue weighted by Crippen LogP contribution is 2.13. The molecule has 0 aliphatic carbocycles. The monoisotopic (exact) mass is 255 g/mol. The zero-order chi connectivity index (χ0) is 13.5. The van der Waals surface area contributed by atoms with Crippen LogP contribution >= 0.6 is 0 Å². The molecule has 4 nitrogen and oxygen atoms in total. The summed E-state index contributed by atoms with van der Waals surface area (Å²) < 4.78 is 0. The third kappa shape index (κ3) is 3.81. The summed E-state index contributed by atoms with van der Waals surface area (Å²) in [5.74, 6) is 0.792. The van der Waals surface area contributed by atoms with E-state index in [4.69, 9.17) is 0 Å². The van der Waals surface area contributed by atoms with Gasteiger partial charge in [-0.05, 0) is 25.0 Å². The molecule has 4 heteroatoms. The number of Topliss-reactive ketones (excluding diaryl/α,β-unsaturated/α-hetero) is 1. The molecule has 2 N–H and O–H groups in total. The minimum atomic E-state index is 0.0154. The second-order valence-corrected chi connectivity index (χ2v) is 4.21. The van der Waals surface area contributed by atoms with Gasteiger partial charge in [-0.15, -0.1) is 0 Å². The van der Waals surface area contributed by atoms with Crippen LogP contribution in [0.3, 0.4) is 0 Å². The smallest absolute Gasteiger partial charge is 0.161 e. The Morgan fingerprint density at radius 2 is 2.11 bits per heavy atom. The molecule has 1 aromatic carbocycles. The summed E-state index contributed by atoms with van der Waals surface area (Å²) in [7, 11) is 0. The summed E-state index contributed by atoms with van der Waals surface area (Å²) in [6, 6.07) is 9.56. The lowest BCUT2D eigenvalue weighted by Gasteiger charge is -2.10. The fourth-order valence-electron chi connectivity index (χ4n) is 1.78. The molecule has 0 atom stereocenters. The zero-order valence-corrected chi connectivity index (χ0v) is 10.9. The van der Waals surface area contributed by atoms with E-state index in [0.29, 0.717) is 5.57 Å². The molecule has 0 saturated heterocycles. The summed E-state index contributed by atoms with van der Waals surface area (Å²) in [4.78, 5) is 15.9. The number of dihydropyridines is 1. The number of benzene rings is 1. The van der Waals surface area contributed by atoms with Crippen molar-refractivity contribution in [2.45, 2.75) is 13.3 Å². The van der Waals surface area contributed by atoms with Crippen LogP contribution in [0.4, 0.5) is 0 Å². The van der Waals surface area contributed by atoms with Crippen molar-refractivity contribution in [1.82, 2.24) is 10.9 Å². The first-order valence-corrected chi connectivity index (χ1v) is 6.26. The largest absolute Gasteiger partial charge is 0.306 e. The molecule has 1 aromatic rings. The molecule has 2 rings (SSSR count). The van der Waals surface area contributed by atoms with E-state index in [1.54, 1.807) is 13.1 Å². The van der Waals surface area contributed by atoms with Crippen molar-refractivity contribution in [2.75, 3.05) is 6.54 Å². The number of rotatable bonds is 4. The highest BCUT2D eigenvalue weighted by Gasteiger charge is 2.06. The molecule has 19 heavy (non-hydrogen) atoms. The molecule has 0 spiro atoms. The first-order chi connectivity index (χ1) is 9.27. The Kier molecular flexibility index (Phi) is 4.50. The molecule has 0 bridgehead atoms. The molecule has 0 radical (unpaired) electrons. The van der Waals surface area contributed by atoms with Crippen molar-refractivity contribution in [3.8, 4) is 0 Å². The summed E-state index contributed by atoms with van der Waals surface area (Å²) in [5, 5.41) is 0. The molecule has 0 saturated carbocycles. The molecule has 1 heterocycles. The van der Waals surface area contributed by atoms with Gasteiger partial charge in [-0.3, -0.25) is 15.2 Å². The number of nitrogens with one attached hydrogen (secondary N) is 2. The van der Waals surface area contributed by atoms with Crippen LogP contribution in [0.5, 0.6) is 0 Å². The van der Waals surface area contributed by atoms with Gasteiger partial charge >= 0.3 is 0 Å². The Hall–Kier alpha value is -2.36. The number of amidine groups is 1. The fraction of sp³-hybridized carbons (Fsp3) is 0.200. The summed E-state index contributed by atoms with van der Waals surface area (Å²) in [6.07, 6.45) is 6.62. The number of carbonyl (C=O) groups is 1. The van der Waals surface area contributed by atoms with Gasteiger partial charge in [0.25, 0.3) is 0 Å². The van der Waals surface area contributed by atoms with Gasteiger partial charge in [0.2, 0.25) is 0 Å². The Morgan fingerprint density at radius 3 is 2.74 bits per heavy atom. The Labute approximate surface area is 112 Å². The first-order valence-electron chi connectivity index (χ1n) is 6.26. The third-order valence-electron chi connectivity index (χ3n) is 2.73. The van der Waals surface area contributed by atoms with Crippen LogP contribution in [0, 0.1) is 0 Å². The summed E-state index contributed by atoms with van der Waals surface area (Å²) in [6.45, 7) is 2.35. The van der Waals surface area contributed by atoms with Gasteiger partial charge in [0.1, 0.15) is 5.84 Å². The number of allylic oxidation sites excluding steroid dienone is 1. The maximum Gasteiger partial charge on any atom is 0.161 e. The minimum Gasteiger partial charge on any atom is -0.306 e. The van der Waals surface area contributed by atoms with Gasteiger partial charge in [-0.2, -0.15) is 0 Å². The third-order valence-corrected chi connectivity index (χ3v) is 2.73. The Morgan fingerprint density at radius 1 is 1.32 bits per heavy atom. The highest BCUT2D eigenvalue weighted by molar-refractivity contribution is 6.19. The number of ketones is 1. The average Bonchev–Trinajstić information content (AvgIpc) is 2.45. The molecule has 0 aromatic heterocycles. The van der Waals surface area contributed by atoms with Crippen LogP contribution in [0.1, 0.15) is 18.9 Å². The van der Waals surface area contributed by atoms with Crippen molar-refractivity contribution in [3.63, 3.8) is 0 Å². The van der Waals surface area contributed by atoms with Crippen LogP contribution in [0.25, 0.3) is 5.57 Å². The second-order valence-electron chi connectivity index (χ2n) is 4.21. The summed E-state index contributed by atoms with van der Waals surface area (Å²) in [5.41, 5.74) is 7.41. The molecule has 0 fully saturated rings. The van der Waals surface area contributed by atoms with Crippen LogP contribution in [-0.4, -0.2) is 18.2 Å². The van der Waals surface area contributed by atoms with Gasteiger partial charge in [-0.1, -0.05) is 36.4 Å². The molecule has 98 valence electrons. The summed E-state index contributed by atoms with van der Waals surface area (Å²) >= 11 is 0. The number of hydrogen-bond donors (Lipinski definition) is 2. The number of aliphatic imine (C=N–C) groups is 1. The van der Waals surface area contributed by atoms with E-state index in [2.05, 4.69) is 21.9 Å². The van der Waals surface area contributed by atoms with E-state index in [0.717, 1.165) is 24.4 Å². The topological polar surface area (TPSA) is 53.5 Å². The van der Waals surface area contributed by atoms with E-state index >= 15 is 0 Å². The van der Waals surface area contributed by atoms with Gasteiger partial charge in [0.15, 0.2) is 5.78 Å². The maximum atomic E-state index is 11.6. The predicted octanol–water partition coefficient (Wildman–Crippen LogP) is 2.07. The lowest BCUT2D eigenvalue weighted by atomic mass is 10.0. The fourth-order valence-corrected chi connectivity index (χ4v) is 1.78. The minimum absolute atomic E-state index is 0.0154.